The van der Waals surface area contributed by atoms with Gasteiger partial charge >= 0.3 is 0 Å². The van der Waals surface area contributed by atoms with Crippen LogP contribution in [-0.2, 0) is 11.2 Å². The predicted octanol–water partition coefficient (Wildman–Crippen LogP) is 2.96. The first-order valence-electron chi connectivity index (χ1n) is 13.5. The molecule has 3 N–H and O–H groups in total. The summed E-state index contributed by atoms with van der Waals surface area (Å²) in [7, 11) is 0. The van der Waals surface area contributed by atoms with Crippen LogP contribution in [0.15, 0.2) is 30.3 Å². The van der Waals surface area contributed by atoms with Crippen molar-refractivity contribution >= 4 is 17.5 Å². The Hall–Kier alpha value is -2.65. The SMILES string of the molecule is CCN(CCCNC(=O)CCCc1nnc2n1C1CCCCC1C1NC(C)NN21)c1ccccc1. The number of aryl methyl sites for hydroxylation is 1. The number of carbonyl (C=O) groups excluding carboxylic acids is 1. The molecule has 2 aliphatic heterocycles. The van der Waals surface area contributed by atoms with Crippen molar-refractivity contribution in [2.75, 3.05) is 29.5 Å². The van der Waals surface area contributed by atoms with Gasteiger partial charge in [-0.2, -0.15) is 0 Å². The maximum absolute atomic E-state index is 12.5. The van der Waals surface area contributed by atoms with Gasteiger partial charge in [-0.25, -0.2) is 5.43 Å². The van der Waals surface area contributed by atoms with Crippen molar-refractivity contribution < 1.29 is 4.79 Å². The summed E-state index contributed by atoms with van der Waals surface area (Å²) in [6.45, 7) is 6.93. The van der Waals surface area contributed by atoms with Gasteiger partial charge in [0.2, 0.25) is 11.9 Å². The third-order valence-corrected chi connectivity index (χ3v) is 7.75. The van der Waals surface area contributed by atoms with Gasteiger partial charge in [0.15, 0.2) is 0 Å². The third kappa shape index (κ3) is 5.16. The number of hydrazine groups is 1. The van der Waals surface area contributed by atoms with Crippen LogP contribution in [0.2, 0.25) is 0 Å². The molecule has 1 aromatic heterocycles. The van der Waals surface area contributed by atoms with E-state index < -0.39 is 0 Å². The summed E-state index contributed by atoms with van der Waals surface area (Å²) in [6, 6.07) is 10.9. The van der Waals surface area contributed by atoms with E-state index >= 15 is 0 Å². The molecule has 3 aliphatic rings. The molecule has 1 amide bonds. The highest BCUT2D eigenvalue weighted by molar-refractivity contribution is 5.75. The van der Waals surface area contributed by atoms with E-state index in [9.17, 15) is 4.79 Å². The van der Waals surface area contributed by atoms with Crippen molar-refractivity contribution in [2.45, 2.75) is 83.6 Å². The molecule has 0 bridgehead atoms. The highest BCUT2D eigenvalue weighted by atomic mass is 16.1. The van der Waals surface area contributed by atoms with Crippen LogP contribution in [0.5, 0.6) is 0 Å². The number of nitrogens with one attached hydrogen (secondary N) is 3. The summed E-state index contributed by atoms with van der Waals surface area (Å²) >= 11 is 0. The summed E-state index contributed by atoms with van der Waals surface area (Å²) in [5.41, 5.74) is 4.75. The van der Waals surface area contributed by atoms with Gasteiger partial charge in [0, 0.05) is 50.1 Å². The van der Waals surface area contributed by atoms with Crippen LogP contribution in [0, 0.1) is 5.92 Å². The minimum absolute atomic E-state index is 0.126. The van der Waals surface area contributed by atoms with E-state index in [1.807, 2.05) is 6.07 Å². The van der Waals surface area contributed by atoms with E-state index in [1.54, 1.807) is 0 Å². The largest absolute Gasteiger partial charge is 0.372 e. The Morgan fingerprint density at radius 1 is 1.17 bits per heavy atom. The van der Waals surface area contributed by atoms with Crippen LogP contribution < -0.4 is 26.0 Å². The van der Waals surface area contributed by atoms with Gasteiger partial charge in [-0.3, -0.25) is 19.7 Å². The lowest BCUT2D eigenvalue weighted by molar-refractivity contribution is -0.121. The summed E-state index contributed by atoms with van der Waals surface area (Å²) in [4.78, 5) is 14.8. The number of nitrogens with zero attached hydrogens (tertiary/aromatic N) is 5. The van der Waals surface area contributed by atoms with E-state index in [0.717, 1.165) is 44.1 Å². The number of carbonyl (C=O) groups is 1. The molecule has 35 heavy (non-hydrogen) atoms. The number of benzene rings is 1. The molecule has 1 aliphatic carbocycles. The van der Waals surface area contributed by atoms with Crippen LogP contribution in [-0.4, -0.2) is 52.6 Å². The standard InChI is InChI=1S/C26H40N8O/c1-3-32(20-11-5-4-6-12-20)18-10-17-27-24(35)16-9-15-23-29-30-26-33(23)22-14-8-7-13-21(22)25-28-19(2)31-34(25)26/h4-6,11-12,19,21-22,25,28,31H,3,7-10,13-18H2,1-2H3,(H,27,35). The fraction of sp³-hybridized carbons (Fsp3) is 0.654. The summed E-state index contributed by atoms with van der Waals surface area (Å²) in [6.07, 6.45) is 8.51. The van der Waals surface area contributed by atoms with Crippen LogP contribution in [0.25, 0.3) is 0 Å². The number of fused-ring (bicyclic) bond motifs is 6. The molecule has 190 valence electrons. The molecule has 9 heteroatoms. The average Bonchev–Trinajstić information content (AvgIpc) is 3.48. The molecule has 4 unspecified atom stereocenters. The number of aromatic nitrogens is 3. The number of rotatable bonds is 10. The molecule has 1 aromatic carbocycles. The topological polar surface area (TPSA) is 90.3 Å². The molecule has 1 saturated heterocycles. The van der Waals surface area contributed by atoms with Crippen LogP contribution in [0.3, 0.4) is 0 Å². The average molecular weight is 481 g/mol. The normalized spacial score (nSPS) is 25.0. The highest BCUT2D eigenvalue weighted by Crippen LogP contribution is 2.44. The minimum Gasteiger partial charge on any atom is -0.372 e. The molecule has 9 nitrogen and oxygen atoms in total. The first kappa shape index (κ1) is 24.1. The van der Waals surface area contributed by atoms with Crippen LogP contribution >= 0.6 is 0 Å². The van der Waals surface area contributed by atoms with E-state index in [2.05, 4.69) is 78.8 Å². The molecule has 0 spiro atoms. The Labute approximate surface area is 208 Å². The van der Waals surface area contributed by atoms with Gasteiger partial charge in [-0.15, -0.1) is 10.2 Å². The van der Waals surface area contributed by atoms with Gasteiger partial charge in [0.25, 0.3) is 0 Å². The van der Waals surface area contributed by atoms with Crippen molar-refractivity contribution in [2.24, 2.45) is 5.92 Å². The second-order valence-electron chi connectivity index (χ2n) is 10.1. The van der Waals surface area contributed by atoms with Crippen LogP contribution in [0.1, 0.15) is 70.7 Å². The van der Waals surface area contributed by atoms with E-state index in [1.165, 1.54) is 31.4 Å². The quantitative estimate of drug-likeness (QED) is 0.451. The molecule has 3 heterocycles. The second kappa shape index (κ2) is 11.0. The smallest absolute Gasteiger partial charge is 0.243 e. The van der Waals surface area contributed by atoms with Crippen molar-refractivity contribution in [1.82, 2.24) is 30.8 Å². The molecule has 2 fully saturated rings. The summed E-state index contributed by atoms with van der Waals surface area (Å²) in [5, 5.41) is 18.1. The van der Waals surface area contributed by atoms with Gasteiger partial charge in [-0.05, 0) is 51.7 Å². The summed E-state index contributed by atoms with van der Waals surface area (Å²) in [5.74, 6) is 2.63. The lowest BCUT2D eigenvalue weighted by atomic mass is 9.81. The highest BCUT2D eigenvalue weighted by Gasteiger charge is 2.47. The predicted molar refractivity (Wildman–Crippen MR) is 138 cm³/mol. The first-order valence-corrected chi connectivity index (χ1v) is 13.5. The minimum atomic E-state index is 0.126. The first-order chi connectivity index (χ1) is 17.2. The van der Waals surface area contributed by atoms with Crippen molar-refractivity contribution in [1.29, 1.82) is 0 Å². The van der Waals surface area contributed by atoms with E-state index in [4.69, 9.17) is 0 Å². The Kier molecular flexibility index (Phi) is 7.53. The number of amides is 1. The van der Waals surface area contributed by atoms with Crippen molar-refractivity contribution in [3.05, 3.63) is 36.2 Å². The van der Waals surface area contributed by atoms with Crippen molar-refractivity contribution in [3.63, 3.8) is 0 Å². The number of anilines is 2. The molecule has 2 aromatic rings. The molecular weight excluding hydrogens is 440 g/mol. The van der Waals surface area contributed by atoms with Crippen molar-refractivity contribution in [3.8, 4) is 0 Å². The van der Waals surface area contributed by atoms with E-state index in [0.29, 0.717) is 24.9 Å². The Bertz CT molecular complexity index is 979. The monoisotopic (exact) mass is 480 g/mol. The zero-order valence-electron chi connectivity index (χ0n) is 21.1. The fourth-order valence-electron chi connectivity index (χ4n) is 6.07. The number of para-hydroxylation sites is 1. The van der Waals surface area contributed by atoms with Gasteiger partial charge < -0.3 is 10.2 Å². The maximum Gasteiger partial charge on any atom is 0.243 e. The molecule has 5 rings (SSSR count). The maximum atomic E-state index is 12.5. The zero-order chi connectivity index (χ0) is 24.2. The Morgan fingerprint density at radius 2 is 2.00 bits per heavy atom. The second-order valence-corrected chi connectivity index (χ2v) is 10.1. The molecule has 0 radical (unpaired) electrons. The number of hydrogen-bond donors (Lipinski definition) is 3. The lowest BCUT2D eigenvalue weighted by Gasteiger charge is -2.44. The van der Waals surface area contributed by atoms with Gasteiger partial charge in [0.05, 0.1) is 6.17 Å². The molecule has 1 saturated carbocycles. The Morgan fingerprint density at radius 3 is 2.83 bits per heavy atom. The van der Waals surface area contributed by atoms with Gasteiger partial charge in [0.1, 0.15) is 12.0 Å². The van der Waals surface area contributed by atoms with E-state index in [-0.39, 0.29) is 18.2 Å². The third-order valence-electron chi connectivity index (χ3n) is 7.75. The molecule has 4 atom stereocenters. The number of hydrogen-bond acceptors (Lipinski definition) is 7. The summed E-state index contributed by atoms with van der Waals surface area (Å²) < 4.78 is 2.37. The lowest BCUT2D eigenvalue weighted by Crippen LogP contribution is -2.53. The zero-order valence-corrected chi connectivity index (χ0v) is 21.1. The fourth-order valence-corrected chi connectivity index (χ4v) is 6.07. The Balaban J connectivity index is 1.10. The molecular formula is C26H40N8O. The van der Waals surface area contributed by atoms with Crippen LogP contribution in [0.4, 0.5) is 11.6 Å². The van der Waals surface area contributed by atoms with Gasteiger partial charge in [-0.1, -0.05) is 31.0 Å².